The van der Waals surface area contributed by atoms with Gasteiger partial charge in [-0.25, -0.2) is 14.2 Å². The molecule has 3 rings (SSSR count). The Morgan fingerprint density at radius 2 is 2.09 bits per heavy atom. The van der Waals surface area contributed by atoms with Crippen LogP contribution in [-0.4, -0.2) is 40.7 Å². The molecule has 11 heteroatoms. The van der Waals surface area contributed by atoms with Crippen LogP contribution in [0.4, 0.5) is 15.9 Å². The molecule has 2 heterocycles. The molecule has 0 saturated carbocycles. The van der Waals surface area contributed by atoms with E-state index in [0.29, 0.717) is 13.0 Å². The average Bonchev–Trinajstić information content (AvgIpc) is 3.28. The number of methoxy groups -OCH3 is 1. The number of nitrogens with zero attached hydrogens (tertiary/aromatic N) is 3. The molecular formula is C23H28FN5O5. The lowest BCUT2D eigenvalue weighted by atomic mass is 10.2. The quantitative estimate of drug-likeness (QED) is 0.436. The molecule has 0 saturated heterocycles. The van der Waals surface area contributed by atoms with Gasteiger partial charge in [0.25, 0.3) is 5.56 Å². The van der Waals surface area contributed by atoms with E-state index in [4.69, 9.17) is 14.9 Å². The maximum absolute atomic E-state index is 14.0. The summed E-state index contributed by atoms with van der Waals surface area (Å²) >= 11 is 0. The summed E-state index contributed by atoms with van der Waals surface area (Å²) in [5.41, 5.74) is 4.96. The van der Waals surface area contributed by atoms with E-state index < -0.39 is 23.0 Å². The molecule has 0 aliphatic carbocycles. The number of aryl methyl sites for hydroxylation is 1. The number of carbonyl (C=O) groups excluding carboxylic acids is 1. The molecule has 3 aromatic rings. The number of amides is 1. The van der Waals surface area contributed by atoms with Gasteiger partial charge in [-0.15, -0.1) is 0 Å². The van der Waals surface area contributed by atoms with Gasteiger partial charge < -0.3 is 19.8 Å². The number of nitrogens with one attached hydrogen (secondary N) is 1. The molecule has 0 aliphatic rings. The fourth-order valence-electron chi connectivity index (χ4n) is 3.48. The monoisotopic (exact) mass is 473 g/mol. The van der Waals surface area contributed by atoms with Crippen molar-refractivity contribution in [2.45, 2.75) is 39.2 Å². The predicted octanol–water partition coefficient (Wildman–Crippen LogP) is 2.33. The molecule has 0 atom stereocenters. The Morgan fingerprint density at radius 1 is 1.32 bits per heavy atom. The highest BCUT2D eigenvalue weighted by Crippen LogP contribution is 2.24. The van der Waals surface area contributed by atoms with Gasteiger partial charge in [0.2, 0.25) is 5.91 Å². The number of hydrogen-bond acceptors (Lipinski definition) is 7. The molecule has 0 spiro atoms. The standard InChI is InChI=1S/C23H28FN5O5/c1-3-4-11-29-21(25)20(22(31)27-23(29)32)28(12-13-33-2)19(30)10-9-18-26-14-17(34-18)15-7-5-6-8-16(15)24/h5-8,14H,3-4,9-13,25H2,1-2H3,(H,27,31,32). The van der Waals surface area contributed by atoms with Crippen molar-refractivity contribution in [3.8, 4) is 11.3 Å². The first kappa shape index (κ1) is 24.9. The summed E-state index contributed by atoms with van der Waals surface area (Å²) in [6.07, 6.45) is 2.94. The molecule has 182 valence electrons. The molecule has 3 N–H and O–H groups in total. The van der Waals surface area contributed by atoms with Crippen molar-refractivity contribution in [2.24, 2.45) is 0 Å². The van der Waals surface area contributed by atoms with Crippen LogP contribution in [0, 0.1) is 5.82 Å². The van der Waals surface area contributed by atoms with Crippen LogP contribution in [-0.2, 0) is 22.5 Å². The number of benzene rings is 1. The third-order valence-electron chi connectivity index (χ3n) is 5.28. The summed E-state index contributed by atoms with van der Waals surface area (Å²) in [5.74, 6) is -0.460. The van der Waals surface area contributed by atoms with E-state index in [1.165, 1.54) is 28.8 Å². The molecule has 0 unspecified atom stereocenters. The van der Waals surface area contributed by atoms with Gasteiger partial charge in [-0.05, 0) is 18.6 Å². The SMILES string of the molecule is CCCCn1c(N)c(N(CCOC)C(=O)CCc2ncc(-c3ccccc3F)o2)c(=O)[nH]c1=O. The highest BCUT2D eigenvalue weighted by Gasteiger charge is 2.24. The van der Waals surface area contributed by atoms with Crippen molar-refractivity contribution in [1.82, 2.24) is 14.5 Å². The summed E-state index contributed by atoms with van der Waals surface area (Å²) in [4.78, 5) is 45.5. The number of aromatic amines is 1. The molecule has 34 heavy (non-hydrogen) atoms. The van der Waals surface area contributed by atoms with Crippen molar-refractivity contribution in [3.05, 3.63) is 63.0 Å². The fraction of sp³-hybridized carbons (Fsp3) is 0.391. The minimum atomic E-state index is -0.752. The third kappa shape index (κ3) is 5.60. The van der Waals surface area contributed by atoms with Gasteiger partial charge in [-0.1, -0.05) is 25.5 Å². The topological polar surface area (TPSA) is 136 Å². The first-order valence-corrected chi connectivity index (χ1v) is 11.0. The van der Waals surface area contributed by atoms with Gasteiger partial charge in [-0.3, -0.25) is 19.1 Å². The van der Waals surface area contributed by atoms with Crippen LogP contribution in [0.1, 0.15) is 32.1 Å². The van der Waals surface area contributed by atoms with Crippen LogP contribution in [0.3, 0.4) is 0 Å². The number of ether oxygens (including phenoxy) is 1. The molecular weight excluding hydrogens is 445 g/mol. The third-order valence-corrected chi connectivity index (χ3v) is 5.28. The fourth-order valence-corrected chi connectivity index (χ4v) is 3.48. The lowest BCUT2D eigenvalue weighted by Crippen LogP contribution is -2.42. The van der Waals surface area contributed by atoms with Crippen molar-refractivity contribution >= 4 is 17.4 Å². The summed E-state index contributed by atoms with van der Waals surface area (Å²) in [6, 6.07) is 6.14. The lowest BCUT2D eigenvalue weighted by molar-refractivity contribution is -0.118. The Bertz CT molecular complexity index is 1250. The first-order chi connectivity index (χ1) is 16.4. The van der Waals surface area contributed by atoms with E-state index in [0.717, 1.165) is 6.42 Å². The number of aromatic nitrogens is 3. The highest BCUT2D eigenvalue weighted by molar-refractivity contribution is 5.95. The van der Waals surface area contributed by atoms with Gasteiger partial charge in [0.1, 0.15) is 11.6 Å². The van der Waals surface area contributed by atoms with E-state index in [9.17, 15) is 18.8 Å². The van der Waals surface area contributed by atoms with Crippen molar-refractivity contribution < 1.29 is 18.3 Å². The Labute approximate surface area is 195 Å². The van der Waals surface area contributed by atoms with Crippen molar-refractivity contribution in [3.63, 3.8) is 0 Å². The summed E-state index contributed by atoms with van der Waals surface area (Å²) < 4.78 is 25.9. The molecule has 1 amide bonds. The van der Waals surface area contributed by atoms with Crippen LogP contribution < -0.4 is 21.9 Å². The van der Waals surface area contributed by atoms with E-state index >= 15 is 0 Å². The zero-order valence-electron chi connectivity index (χ0n) is 19.2. The number of nitrogens with two attached hydrogens (primary N) is 1. The molecule has 0 aliphatic heterocycles. The second-order valence-electron chi connectivity index (χ2n) is 7.63. The molecule has 0 fully saturated rings. The number of anilines is 2. The number of carbonyl (C=O) groups is 1. The smallest absolute Gasteiger partial charge is 0.330 e. The van der Waals surface area contributed by atoms with Crippen LogP contribution in [0.15, 0.2) is 44.5 Å². The van der Waals surface area contributed by atoms with Crippen LogP contribution in [0.25, 0.3) is 11.3 Å². The normalized spacial score (nSPS) is 11.0. The number of unbranched alkanes of at least 4 members (excludes halogenated alkanes) is 1. The Kier molecular flexibility index (Phi) is 8.36. The summed E-state index contributed by atoms with van der Waals surface area (Å²) in [7, 11) is 1.47. The zero-order valence-corrected chi connectivity index (χ0v) is 19.2. The number of H-pyrrole nitrogens is 1. The zero-order chi connectivity index (χ0) is 24.7. The second kappa shape index (κ2) is 11.4. The molecule has 10 nitrogen and oxygen atoms in total. The highest BCUT2D eigenvalue weighted by atomic mass is 19.1. The Balaban J connectivity index is 1.83. The second-order valence-corrected chi connectivity index (χ2v) is 7.63. The Hall–Kier alpha value is -3.73. The minimum Gasteiger partial charge on any atom is -0.441 e. The molecule has 0 radical (unpaired) electrons. The number of halogens is 1. The summed E-state index contributed by atoms with van der Waals surface area (Å²) in [6.45, 7) is 2.48. The van der Waals surface area contributed by atoms with Crippen molar-refractivity contribution in [2.75, 3.05) is 30.9 Å². The van der Waals surface area contributed by atoms with Gasteiger partial charge in [0, 0.05) is 33.0 Å². The molecule has 1 aromatic carbocycles. The Morgan fingerprint density at radius 3 is 2.79 bits per heavy atom. The van der Waals surface area contributed by atoms with Gasteiger partial charge >= 0.3 is 5.69 Å². The first-order valence-electron chi connectivity index (χ1n) is 11.0. The maximum atomic E-state index is 14.0. The van der Waals surface area contributed by atoms with Crippen LogP contribution in [0.2, 0.25) is 0 Å². The number of hydrogen-bond donors (Lipinski definition) is 2. The maximum Gasteiger partial charge on any atom is 0.330 e. The number of nitrogen functional groups attached to an aromatic ring is 1. The van der Waals surface area contributed by atoms with Gasteiger partial charge in [-0.2, -0.15) is 0 Å². The van der Waals surface area contributed by atoms with Crippen LogP contribution in [0.5, 0.6) is 0 Å². The van der Waals surface area contributed by atoms with E-state index in [1.54, 1.807) is 18.2 Å². The number of rotatable bonds is 11. The predicted molar refractivity (Wildman–Crippen MR) is 125 cm³/mol. The lowest BCUT2D eigenvalue weighted by Gasteiger charge is -2.24. The molecule has 0 bridgehead atoms. The van der Waals surface area contributed by atoms with E-state index in [-0.39, 0.29) is 54.7 Å². The largest absolute Gasteiger partial charge is 0.441 e. The van der Waals surface area contributed by atoms with Crippen LogP contribution >= 0.6 is 0 Å². The van der Waals surface area contributed by atoms with E-state index in [2.05, 4.69) is 9.97 Å². The molecule has 2 aromatic heterocycles. The summed E-state index contributed by atoms with van der Waals surface area (Å²) in [5, 5.41) is 0. The van der Waals surface area contributed by atoms with Crippen molar-refractivity contribution in [1.29, 1.82) is 0 Å². The van der Waals surface area contributed by atoms with Gasteiger partial charge in [0.15, 0.2) is 17.3 Å². The average molecular weight is 474 g/mol. The minimum absolute atomic E-state index is 0.0562. The number of oxazole rings is 1. The van der Waals surface area contributed by atoms with E-state index in [1.807, 2.05) is 6.92 Å². The van der Waals surface area contributed by atoms with Gasteiger partial charge in [0.05, 0.1) is 18.4 Å².